The average Bonchev–Trinajstić information content (AvgIpc) is 3.05. The zero-order valence-electron chi connectivity index (χ0n) is 15.4. The van der Waals surface area contributed by atoms with Crippen LogP contribution >= 0.6 is 0 Å². The van der Waals surface area contributed by atoms with Crippen molar-refractivity contribution in [1.82, 2.24) is 14.5 Å². The van der Waals surface area contributed by atoms with Gasteiger partial charge in [-0.1, -0.05) is 42.5 Å². The highest BCUT2D eigenvalue weighted by atomic mass is 19.4. The highest BCUT2D eigenvalue weighted by Crippen LogP contribution is 2.31. The van der Waals surface area contributed by atoms with E-state index >= 15 is 0 Å². The average molecular weight is 404 g/mol. The van der Waals surface area contributed by atoms with E-state index in [2.05, 4.69) is 4.98 Å². The van der Waals surface area contributed by atoms with E-state index in [1.807, 2.05) is 6.07 Å². The lowest BCUT2D eigenvalue weighted by Crippen LogP contribution is -2.36. The number of carbonyl (C=O) groups excluding carboxylic acids is 2. The van der Waals surface area contributed by atoms with Gasteiger partial charge in [-0.3, -0.25) is 9.59 Å². The van der Waals surface area contributed by atoms with Gasteiger partial charge in [-0.2, -0.15) is 13.2 Å². The summed E-state index contributed by atoms with van der Waals surface area (Å²) in [5, 5.41) is 0. The van der Waals surface area contributed by atoms with Gasteiger partial charge in [0.1, 0.15) is 6.54 Å². The second kappa shape index (κ2) is 8.34. The predicted molar refractivity (Wildman–Crippen MR) is 100 cm³/mol. The molecule has 3 aromatic rings. The summed E-state index contributed by atoms with van der Waals surface area (Å²) in [5.41, 5.74) is 6.34. The number of amides is 2. The lowest BCUT2D eigenvalue weighted by Gasteiger charge is -2.23. The lowest BCUT2D eigenvalue weighted by molar-refractivity contribution is -0.148. The molecule has 2 aromatic carbocycles. The number of nitrogens with two attached hydrogens (primary N) is 1. The van der Waals surface area contributed by atoms with Gasteiger partial charge >= 0.3 is 6.18 Å². The van der Waals surface area contributed by atoms with Crippen LogP contribution in [-0.4, -0.2) is 32.8 Å². The molecule has 0 aliphatic carbocycles. The molecular formula is C20H19F3N4O2. The van der Waals surface area contributed by atoms with Crippen LogP contribution in [0.15, 0.2) is 54.6 Å². The number of carbonyl (C=O) groups is 2. The first-order valence-electron chi connectivity index (χ1n) is 8.88. The lowest BCUT2D eigenvalue weighted by atomic mass is 10.2. The molecule has 6 nitrogen and oxygen atoms in total. The van der Waals surface area contributed by atoms with Crippen LogP contribution in [0.4, 0.5) is 13.2 Å². The minimum Gasteiger partial charge on any atom is -0.370 e. The van der Waals surface area contributed by atoms with Gasteiger partial charge < -0.3 is 15.2 Å². The molecule has 0 fully saturated rings. The van der Waals surface area contributed by atoms with E-state index in [1.54, 1.807) is 36.4 Å². The summed E-state index contributed by atoms with van der Waals surface area (Å²) in [5.74, 6) is -2.30. The zero-order valence-corrected chi connectivity index (χ0v) is 15.4. The SMILES string of the molecule is NC(=O)CCN(Cc1ccccc1)C(=O)Cn1c(C(F)(F)F)nc2ccccc21. The minimum atomic E-state index is -4.71. The first kappa shape index (κ1) is 20.4. The first-order chi connectivity index (χ1) is 13.8. The summed E-state index contributed by atoms with van der Waals surface area (Å²) >= 11 is 0. The molecule has 0 radical (unpaired) electrons. The zero-order chi connectivity index (χ0) is 21.0. The van der Waals surface area contributed by atoms with Gasteiger partial charge in [-0.15, -0.1) is 0 Å². The van der Waals surface area contributed by atoms with Gasteiger partial charge in [0.15, 0.2) is 0 Å². The molecule has 0 saturated carbocycles. The van der Waals surface area contributed by atoms with Crippen molar-refractivity contribution in [3.8, 4) is 0 Å². The molecule has 3 rings (SSSR count). The predicted octanol–water partition coefficient (Wildman–Crippen LogP) is 2.96. The fraction of sp³-hybridized carbons (Fsp3) is 0.250. The molecule has 0 saturated heterocycles. The summed E-state index contributed by atoms with van der Waals surface area (Å²) in [7, 11) is 0. The van der Waals surface area contributed by atoms with Crippen molar-refractivity contribution in [1.29, 1.82) is 0 Å². The Labute approximate surface area is 164 Å². The normalized spacial score (nSPS) is 11.6. The summed E-state index contributed by atoms with van der Waals surface area (Å²) < 4.78 is 41.3. The molecule has 152 valence electrons. The third kappa shape index (κ3) is 4.92. The Bertz CT molecular complexity index is 1020. The number of aromatic nitrogens is 2. The first-order valence-corrected chi connectivity index (χ1v) is 8.88. The Hall–Kier alpha value is -3.36. The number of halogens is 3. The fourth-order valence-electron chi connectivity index (χ4n) is 3.03. The molecule has 2 amide bonds. The molecule has 2 N–H and O–H groups in total. The molecular weight excluding hydrogens is 385 g/mol. The fourth-order valence-corrected chi connectivity index (χ4v) is 3.03. The second-order valence-electron chi connectivity index (χ2n) is 6.53. The maximum atomic E-state index is 13.5. The number of benzene rings is 2. The number of imidazole rings is 1. The van der Waals surface area contributed by atoms with E-state index in [0.717, 1.165) is 10.1 Å². The van der Waals surface area contributed by atoms with Gasteiger partial charge in [-0.05, 0) is 17.7 Å². The topological polar surface area (TPSA) is 81.2 Å². The monoisotopic (exact) mass is 404 g/mol. The van der Waals surface area contributed by atoms with Crippen LogP contribution in [0.1, 0.15) is 17.8 Å². The maximum absolute atomic E-state index is 13.5. The molecule has 1 aromatic heterocycles. The van der Waals surface area contributed by atoms with Crippen molar-refractivity contribution in [2.24, 2.45) is 5.73 Å². The van der Waals surface area contributed by atoms with E-state index < -0.39 is 30.4 Å². The molecule has 0 atom stereocenters. The van der Waals surface area contributed by atoms with Crippen molar-refractivity contribution < 1.29 is 22.8 Å². The number of hydrogen-bond donors (Lipinski definition) is 1. The van der Waals surface area contributed by atoms with Crippen LogP contribution < -0.4 is 5.73 Å². The molecule has 0 unspecified atom stereocenters. The van der Waals surface area contributed by atoms with Crippen molar-refractivity contribution in [2.75, 3.05) is 6.54 Å². The number of hydrogen-bond acceptors (Lipinski definition) is 3. The summed E-state index contributed by atoms with van der Waals surface area (Å²) in [6.07, 6.45) is -4.80. The van der Waals surface area contributed by atoms with Crippen LogP contribution in [-0.2, 0) is 28.9 Å². The standard InChI is InChI=1S/C20H19F3N4O2/c21-20(22,23)19-25-15-8-4-5-9-16(15)27(19)13-18(29)26(11-10-17(24)28)12-14-6-2-1-3-7-14/h1-9H,10-13H2,(H2,24,28). The highest BCUT2D eigenvalue weighted by molar-refractivity contribution is 5.82. The van der Waals surface area contributed by atoms with Crippen molar-refractivity contribution in [2.45, 2.75) is 25.7 Å². The number of primary amides is 1. The van der Waals surface area contributed by atoms with E-state index in [9.17, 15) is 22.8 Å². The van der Waals surface area contributed by atoms with Gasteiger partial charge in [0, 0.05) is 19.5 Å². The molecule has 1 heterocycles. The van der Waals surface area contributed by atoms with Gasteiger partial charge in [-0.25, -0.2) is 4.98 Å². The maximum Gasteiger partial charge on any atom is 0.449 e. The molecule has 0 spiro atoms. The quantitative estimate of drug-likeness (QED) is 0.657. The summed E-state index contributed by atoms with van der Waals surface area (Å²) in [6.45, 7) is -0.390. The van der Waals surface area contributed by atoms with E-state index in [-0.39, 0.29) is 30.5 Å². The van der Waals surface area contributed by atoms with Crippen LogP contribution in [0.5, 0.6) is 0 Å². The summed E-state index contributed by atoms with van der Waals surface area (Å²) in [6, 6.07) is 15.1. The van der Waals surface area contributed by atoms with Crippen molar-refractivity contribution in [3.05, 3.63) is 66.0 Å². The Kier molecular flexibility index (Phi) is 5.86. The van der Waals surface area contributed by atoms with E-state index in [1.165, 1.54) is 17.0 Å². The smallest absolute Gasteiger partial charge is 0.370 e. The Morgan fingerprint density at radius 2 is 1.69 bits per heavy atom. The number of rotatable bonds is 7. The van der Waals surface area contributed by atoms with Crippen LogP contribution in [0.25, 0.3) is 11.0 Å². The van der Waals surface area contributed by atoms with Crippen molar-refractivity contribution in [3.63, 3.8) is 0 Å². The van der Waals surface area contributed by atoms with Crippen molar-refractivity contribution >= 4 is 22.8 Å². The molecule has 0 aliphatic heterocycles. The Morgan fingerprint density at radius 3 is 2.34 bits per heavy atom. The number of alkyl halides is 3. The van der Waals surface area contributed by atoms with Gasteiger partial charge in [0.25, 0.3) is 0 Å². The molecule has 9 heteroatoms. The van der Waals surface area contributed by atoms with Gasteiger partial charge in [0.2, 0.25) is 17.6 Å². The largest absolute Gasteiger partial charge is 0.449 e. The second-order valence-corrected chi connectivity index (χ2v) is 6.53. The van der Waals surface area contributed by atoms with Crippen LogP contribution in [0, 0.1) is 0 Å². The van der Waals surface area contributed by atoms with E-state index in [0.29, 0.717) is 0 Å². The molecule has 29 heavy (non-hydrogen) atoms. The number of para-hydroxylation sites is 2. The van der Waals surface area contributed by atoms with Gasteiger partial charge in [0.05, 0.1) is 11.0 Å². The molecule has 0 aliphatic rings. The highest BCUT2D eigenvalue weighted by Gasteiger charge is 2.38. The Balaban J connectivity index is 1.91. The third-order valence-corrected chi connectivity index (χ3v) is 4.40. The molecule has 0 bridgehead atoms. The van der Waals surface area contributed by atoms with Crippen LogP contribution in [0.3, 0.4) is 0 Å². The van der Waals surface area contributed by atoms with E-state index in [4.69, 9.17) is 5.73 Å². The van der Waals surface area contributed by atoms with Crippen LogP contribution in [0.2, 0.25) is 0 Å². The minimum absolute atomic E-state index is 0.0110. The third-order valence-electron chi connectivity index (χ3n) is 4.40. The number of nitrogens with zero attached hydrogens (tertiary/aromatic N) is 3. The number of fused-ring (bicyclic) bond motifs is 1. The Morgan fingerprint density at radius 1 is 1.03 bits per heavy atom. The summed E-state index contributed by atoms with van der Waals surface area (Å²) in [4.78, 5) is 29.1.